The summed E-state index contributed by atoms with van der Waals surface area (Å²) in [5.41, 5.74) is 6.57. The highest BCUT2D eigenvalue weighted by Gasteiger charge is 2.19. The van der Waals surface area contributed by atoms with Crippen LogP contribution in [0.15, 0.2) is 24.3 Å². The molecule has 3 rings (SSSR count). The third-order valence-corrected chi connectivity index (χ3v) is 4.18. The van der Waals surface area contributed by atoms with Crippen LogP contribution in [0.3, 0.4) is 0 Å². The number of aryl methyl sites for hydroxylation is 3. The molecule has 0 radical (unpaired) electrons. The Morgan fingerprint density at radius 1 is 1.32 bits per heavy atom. The maximum atomic E-state index is 4.26. The second kappa shape index (κ2) is 5.17. The van der Waals surface area contributed by atoms with Crippen molar-refractivity contribution in [3.8, 4) is 0 Å². The molecule has 3 heteroatoms. The predicted octanol–water partition coefficient (Wildman–Crippen LogP) is 3.19. The number of aromatic nitrogens is 2. The van der Waals surface area contributed by atoms with Gasteiger partial charge in [0.25, 0.3) is 0 Å². The molecule has 2 N–H and O–H groups in total. The van der Waals surface area contributed by atoms with Gasteiger partial charge >= 0.3 is 0 Å². The van der Waals surface area contributed by atoms with E-state index < -0.39 is 0 Å². The first-order chi connectivity index (χ1) is 9.25. The van der Waals surface area contributed by atoms with Crippen LogP contribution < -0.4 is 5.32 Å². The summed E-state index contributed by atoms with van der Waals surface area (Å²) >= 11 is 0. The van der Waals surface area contributed by atoms with Crippen molar-refractivity contribution >= 4 is 0 Å². The molecule has 0 saturated heterocycles. The van der Waals surface area contributed by atoms with Crippen molar-refractivity contribution in [1.29, 1.82) is 0 Å². The van der Waals surface area contributed by atoms with Crippen molar-refractivity contribution in [2.75, 3.05) is 0 Å². The lowest BCUT2D eigenvalue weighted by molar-refractivity contribution is 0.458. The maximum Gasteiger partial charge on any atom is 0.0638 e. The number of benzene rings is 1. The van der Waals surface area contributed by atoms with E-state index in [2.05, 4.69) is 53.6 Å². The average Bonchev–Trinajstić information content (AvgIpc) is 2.76. The van der Waals surface area contributed by atoms with Gasteiger partial charge < -0.3 is 5.32 Å². The second-order valence-electron chi connectivity index (χ2n) is 5.44. The van der Waals surface area contributed by atoms with Crippen LogP contribution in [0.2, 0.25) is 0 Å². The van der Waals surface area contributed by atoms with Crippen LogP contribution in [0.25, 0.3) is 0 Å². The number of H-pyrrole nitrogens is 1. The van der Waals surface area contributed by atoms with Crippen molar-refractivity contribution < 1.29 is 0 Å². The predicted molar refractivity (Wildman–Crippen MR) is 77.0 cm³/mol. The lowest BCUT2D eigenvalue weighted by Gasteiger charge is -2.26. The van der Waals surface area contributed by atoms with E-state index in [0.717, 1.165) is 12.2 Å². The summed E-state index contributed by atoms with van der Waals surface area (Å²) in [4.78, 5) is 0. The van der Waals surface area contributed by atoms with Crippen molar-refractivity contribution in [1.82, 2.24) is 15.5 Å². The zero-order valence-electron chi connectivity index (χ0n) is 11.7. The van der Waals surface area contributed by atoms with Crippen molar-refractivity contribution in [3.05, 3.63) is 52.3 Å². The Hall–Kier alpha value is -1.61. The molecule has 1 aliphatic carbocycles. The summed E-state index contributed by atoms with van der Waals surface area (Å²) in [6, 6.07) is 9.30. The third-order valence-electron chi connectivity index (χ3n) is 4.18. The lowest BCUT2D eigenvalue weighted by atomic mass is 9.87. The summed E-state index contributed by atoms with van der Waals surface area (Å²) in [5.74, 6) is 0. The van der Waals surface area contributed by atoms with E-state index in [0.29, 0.717) is 6.04 Å². The Morgan fingerprint density at radius 2 is 2.16 bits per heavy atom. The first-order valence-corrected chi connectivity index (χ1v) is 7.07. The van der Waals surface area contributed by atoms with E-state index in [-0.39, 0.29) is 0 Å². The van der Waals surface area contributed by atoms with Gasteiger partial charge in [-0.15, -0.1) is 0 Å². The second-order valence-corrected chi connectivity index (χ2v) is 5.44. The molecule has 0 fully saturated rings. The molecular weight excluding hydrogens is 234 g/mol. The first kappa shape index (κ1) is 12.4. The number of nitrogens with one attached hydrogen (secondary N) is 2. The van der Waals surface area contributed by atoms with Crippen LogP contribution in [-0.4, -0.2) is 10.2 Å². The highest BCUT2D eigenvalue weighted by Crippen LogP contribution is 2.29. The Kier molecular flexibility index (Phi) is 3.38. The molecule has 1 heterocycles. The highest BCUT2D eigenvalue weighted by atomic mass is 15.1. The molecule has 0 bridgehead atoms. The molecule has 1 atom stereocenters. The van der Waals surface area contributed by atoms with Crippen molar-refractivity contribution in [2.24, 2.45) is 0 Å². The standard InChI is InChI=1S/C16H21N3/c1-11-15(12(2)19-18-11)10-17-16-9-5-7-13-6-3-4-8-14(13)16/h3-4,6,8,16-17H,5,7,9-10H2,1-2H3,(H,18,19)/t16-/m0/s1. The smallest absolute Gasteiger partial charge is 0.0638 e. The van der Waals surface area contributed by atoms with Crippen molar-refractivity contribution in [3.63, 3.8) is 0 Å². The van der Waals surface area contributed by atoms with Gasteiger partial charge in [0, 0.05) is 23.8 Å². The fourth-order valence-corrected chi connectivity index (χ4v) is 3.03. The monoisotopic (exact) mass is 255 g/mol. The van der Waals surface area contributed by atoms with E-state index in [1.54, 1.807) is 0 Å². The van der Waals surface area contributed by atoms with Gasteiger partial charge in [-0.25, -0.2) is 0 Å². The van der Waals surface area contributed by atoms with Crippen LogP contribution in [0.5, 0.6) is 0 Å². The van der Waals surface area contributed by atoms with Gasteiger partial charge in [-0.2, -0.15) is 5.10 Å². The molecule has 0 amide bonds. The number of fused-ring (bicyclic) bond motifs is 1. The largest absolute Gasteiger partial charge is 0.306 e. The average molecular weight is 255 g/mol. The molecule has 0 aliphatic heterocycles. The minimum absolute atomic E-state index is 0.485. The number of nitrogens with zero attached hydrogens (tertiary/aromatic N) is 1. The summed E-state index contributed by atoms with van der Waals surface area (Å²) in [6.45, 7) is 5.05. The Labute approximate surface area is 114 Å². The zero-order chi connectivity index (χ0) is 13.2. The third kappa shape index (κ3) is 2.43. The number of hydrogen-bond acceptors (Lipinski definition) is 2. The highest BCUT2D eigenvalue weighted by molar-refractivity contribution is 5.32. The minimum Gasteiger partial charge on any atom is -0.306 e. The van der Waals surface area contributed by atoms with Crippen LogP contribution in [0.1, 0.15) is 47.0 Å². The van der Waals surface area contributed by atoms with E-state index in [1.165, 1.54) is 41.6 Å². The summed E-state index contributed by atoms with van der Waals surface area (Å²) in [5, 5.41) is 11.0. The SMILES string of the molecule is Cc1n[nH]c(C)c1CN[C@H]1CCCc2ccccc21. The normalized spacial score (nSPS) is 18.3. The fourth-order valence-electron chi connectivity index (χ4n) is 3.03. The zero-order valence-corrected chi connectivity index (χ0v) is 11.7. The van der Waals surface area contributed by atoms with E-state index >= 15 is 0 Å². The maximum absolute atomic E-state index is 4.26. The Balaban J connectivity index is 1.75. The molecule has 0 spiro atoms. The fraction of sp³-hybridized carbons (Fsp3) is 0.438. The number of rotatable bonds is 3. The summed E-state index contributed by atoms with van der Waals surface area (Å²) < 4.78 is 0. The molecule has 0 saturated carbocycles. The molecule has 3 nitrogen and oxygen atoms in total. The number of aromatic amines is 1. The molecular formula is C16H21N3. The van der Waals surface area contributed by atoms with Gasteiger partial charge in [-0.05, 0) is 44.2 Å². The molecule has 100 valence electrons. The lowest BCUT2D eigenvalue weighted by Crippen LogP contribution is -2.25. The van der Waals surface area contributed by atoms with E-state index in [9.17, 15) is 0 Å². The topological polar surface area (TPSA) is 40.7 Å². The Bertz CT molecular complexity index is 552. The van der Waals surface area contributed by atoms with Crippen molar-refractivity contribution in [2.45, 2.75) is 45.7 Å². The minimum atomic E-state index is 0.485. The quantitative estimate of drug-likeness (QED) is 0.884. The molecule has 2 aromatic rings. The van der Waals surface area contributed by atoms with Gasteiger partial charge in [0.2, 0.25) is 0 Å². The molecule has 1 aromatic carbocycles. The molecule has 1 aliphatic rings. The van der Waals surface area contributed by atoms with Gasteiger partial charge in [0.05, 0.1) is 5.69 Å². The van der Waals surface area contributed by atoms with Gasteiger partial charge in [0.1, 0.15) is 0 Å². The van der Waals surface area contributed by atoms with Gasteiger partial charge in [-0.3, -0.25) is 5.10 Å². The van der Waals surface area contributed by atoms with Gasteiger partial charge in [0.15, 0.2) is 0 Å². The van der Waals surface area contributed by atoms with Crippen LogP contribution >= 0.6 is 0 Å². The summed E-state index contributed by atoms with van der Waals surface area (Å²) in [7, 11) is 0. The molecule has 1 aromatic heterocycles. The van der Waals surface area contributed by atoms with E-state index in [1.807, 2.05) is 0 Å². The summed E-state index contributed by atoms with van der Waals surface area (Å²) in [6.07, 6.45) is 3.73. The molecule has 0 unspecified atom stereocenters. The van der Waals surface area contributed by atoms with Crippen LogP contribution in [-0.2, 0) is 13.0 Å². The van der Waals surface area contributed by atoms with Crippen LogP contribution in [0, 0.1) is 13.8 Å². The molecule has 19 heavy (non-hydrogen) atoms. The number of hydrogen-bond donors (Lipinski definition) is 2. The van der Waals surface area contributed by atoms with Gasteiger partial charge in [-0.1, -0.05) is 24.3 Å². The van der Waals surface area contributed by atoms with Crippen LogP contribution in [0.4, 0.5) is 0 Å². The van der Waals surface area contributed by atoms with E-state index in [4.69, 9.17) is 0 Å². The Morgan fingerprint density at radius 3 is 2.95 bits per heavy atom. The first-order valence-electron chi connectivity index (χ1n) is 7.07.